The molecule has 84 valence electrons. The highest BCUT2D eigenvalue weighted by atomic mass is 28.3. The Morgan fingerprint density at radius 1 is 1.19 bits per heavy atom. The fraction of sp³-hybridized carbons (Fsp3) is 0.308. The summed E-state index contributed by atoms with van der Waals surface area (Å²) in [6.45, 7) is 6.34. The minimum absolute atomic E-state index is 0.120. The van der Waals surface area contributed by atoms with Crippen molar-refractivity contribution in [1.29, 1.82) is 0 Å². The molecule has 0 aliphatic heterocycles. The molecule has 0 aliphatic carbocycles. The van der Waals surface area contributed by atoms with Crippen molar-refractivity contribution in [3.05, 3.63) is 29.8 Å². The lowest BCUT2D eigenvalue weighted by atomic mass is 10.1. The molecule has 1 rings (SSSR count). The van der Waals surface area contributed by atoms with Gasteiger partial charge in [-0.3, -0.25) is 4.79 Å². The summed E-state index contributed by atoms with van der Waals surface area (Å²) in [5, 5.41) is 0. The normalized spacial score (nSPS) is 10.2. The van der Waals surface area contributed by atoms with Gasteiger partial charge < -0.3 is 4.74 Å². The SMILES string of the molecule is COc1ccc(C(=O)C#C[Si](C)(C)C)cc1. The smallest absolute Gasteiger partial charge is 0.235 e. The van der Waals surface area contributed by atoms with Crippen molar-refractivity contribution in [2.75, 3.05) is 7.11 Å². The van der Waals surface area contributed by atoms with Crippen molar-refractivity contribution in [3.63, 3.8) is 0 Å². The van der Waals surface area contributed by atoms with Crippen LogP contribution in [0.1, 0.15) is 10.4 Å². The van der Waals surface area contributed by atoms with Crippen molar-refractivity contribution >= 4 is 13.9 Å². The van der Waals surface area contributed by atoms with Crippen LogP contribution in [0, 0.1) is 11.5 Å². The zero-order chi connectivity index (χ0) is 12.2. The van der Waals surface area contributed by atoms with Gasteiger partial charge in [-0.2, -0.15) is 0 Å². The highest BCUT2D eigenvalue weighted by molar-refractivity contribution is 6.84. The summed E-state index contributed by atoms with van der Waals surface area (Å²) < 4.78 is 5.02. The third-order valence-electron chi connectivity index (χ3n) is 1.90. The van der Waals surface area contributed by atoms with Gasteiger partial charge in [-0.25, -0.2) is 0 Å². The van der Waals surface area contributed by atoms with E-state index in [0.29, 0.717) is 5.56 Å². The molecule has 0 N–H and O–H groups in total. The lowest BCUT2D eigenvalue weighted by molar-refractivity contribution is 0.105. The number of benzene rings is 1. The average molecular weight is 232 g/mol. The van der Waals surface area contributed by atoms with Gasteiger partial charge >= 0.3 is 0 Å². The second-order valence-electron chi connectivity index (χ2n) is 4.56. The number of hydrogen-bond donors (Lipinski definition) is 0. The van der Waals surface area contributed by atoms with E-state index < -0.39 is 8.07 Å². The summed E-state index contributed by atoms with van der Waals surface area (Å²) in [4.78, 5) is 11.7. The zero-order valence-corrected chi connectivity index (χ0v) is 11.1. The van der Waals surface area contributed by atoms with Crippen LogP contribution in [0.4, 0.5) is 0 Å². The maximum atomic E-state index is 11.7. The van der Waals surface area contributed by atoms with Crippen LogP contribution in [0.15, 0.2) is 24.3 Å². The molecule has 0 heterocycles. The van der Waals surface area contributed by atoms with E-state index in [1.165, 1.54) is 0 Å². The quantitative estimate of drug-likeness (QED) is 0.445. The minimum Gasteiger partial charge on any atom is -0.497 e. The van der Waals surface area contributed by atoms with E-state index in [-0.39, 0.29) is 5.78 Å². The molecule has 0 saturated heterocycles. The van der Waals surface area contributed by atoms with Gasteiger partial charge in [0, 0.05) is 5.56 Å². The first kappa shape index (κ1) is 12.5. The third-order valence-corrected chi connectivity index (χ3v) is 2.78. The maximum absolute atomic E-state index is 11.7. The maximum Gasteiger partial charge on any atom is 0.235 e. The number of methoxy groups -OCH3 is 1. The van der Waals surface area contributed by atoms with Crippen LogP contribution in [-0.2, 0) is 0 Å². The predicted molar refractivity (Wildman–Crippen MR) is 68.4 cm³/mol. The average Bonchev–Trinajstić information content (AvgIpc) is 2.25. The van der Waals surface area contributed by atoms with Gasteiger partial charge in [-0.05, 0) is 30.2 Å². The Balaban J connectivity index is 2.84. The van der Waals surface area contributed by atoms with Gasteiger partial charge in [0.25, 0.3) is 0 Å². The van der Waals surface area contributed by atoms with Crippen molar-refractivity contribution in [3.8, 4) is 17.2 Å². The Morgan fingerprint density at radius 3 is 2.19 bits per heavy atom. The fourth-order valence-corrected chi connectivity index (χ4v) is 1.55. The molecule has 1 aromatic rings. The lowest BCUT2D eigenvalue weighted by Gasteiger charge is -2.03. The molecule has 0 fully saturated rings. The van der Waals surface area contributed by atoms with Crippen molar-refractivity contribution in [2.45, 2.75) is 19.6 Å². The van der Waals surface area contributed by atoms with E-state index in [0.717, 1.165) is 5.75 Å². The second kappa shape index (κ2) is 5.00. The predicted octanol–water partition coefficient (Wildman–Crippen LogP) is 2.76. The Kier molecular flexibility index (Phi) is 3.91. The molecular formula is C13H16O2Si. The Labute approximate surface area is 97.6 Å². The number of carbonyl (C=O) groups is 1. The van der Waals surface area contributed by atoms with Crippen molar-refractivity contribution in [1.82, 2.24) is 0 Å². The Bertz CT molecular complexity index is 430. The van der Waals surface area contributed by atoms with E-state index in [1.54, 1.807) is 31.4 Å². The number of ketones is 1. The lowest BCUT2D eigenvalue weighted by Crippen LogP contribution is -2.17. The van der Waals surface area contributed by atoms with E-state index in [9.17, 15) is 4.79 Å². The van der Waals surface area contributed by atoms with E-state index in [4.69, 9.17) is 4.74 Å². The molecule has 0 amide bonds. The van der Waals surface area contributed by atoms with E-state index >= 15 is 0 Å². The van der Waals surface area contributed by atoms with Crippen LogP contribution < -0.4 is 4.74 Å². The number of hydrogen-bond acceptors (Lipinski definition) is 2. The van der Waals surface area contributed by atoms with Crippen LogP contribution in [-0.4, -0.2) is 21.0 Å². The third kappa shape index (κ3) is 3.91. The number of carbonyl (C=O) groups excluding carboxylic acids is 1. The van der Waals surface area contributed by atoms with Crippen LogP contribution in [0.3, 0.4) is 0 Å². The Morgan fingerprint density at radius 2 is 1.75 bits per heavy atom. The van der Waals surface area contributed by atoms with Crippen molar-refractivity contribution in [2.24, 2.45) is 0 Å². The molecular weight excluding hydrogens is 216 g/mol. The van der Waals surface area contributed by atoms with Gasteiger partial charge in [0.2, 0.25) is 5.78 Å². The van der Waals surface area contributed by atoms with Crippen LogP contribution in [0.5, 0.6) is 5.75 Å². The molecule has 0 atom stereocenters. The van der Waals surface area contributed by atoms with Gasteiger partial charge in [0.1, 0.15) is 13.8 Å². The van der Waals surface area contributed by atoms with Crippen LogP contribution >= 0.6 is 0 Å². The molecule has 0 unspecified atom stereocenters. The molecule has 0 saturated carbocycles. The van der Waals surface area contributed by atoms with Crippen LogP contribution in [0.25, 0.3) is 0 Å². The first-order valence-electron chi connectivity index (χ1n) is 5.14. The first-order valence-corrected chi connectivity index (χ1v) is 8.64. The zero-order valence-electron chi connectivity index (χ0n) is 10.1. The van der Waals surface area contributed by atoms with E-state index in [1.807, 2.05) is 0 Å². The second-order valence-corrected chi connectivity index (χ2v) is 9.31. The topological polar surface area (TPSA) is 26.3 Å². The number of rotatable bonds is 2. The monoisotopic (exact) mass is 232 g/mol. The minimum atomic E-state index is -1.48. The molecule has 1 aromatic carbocycles. The first-order chi connectivity index (χ1) is 7.42. The fourth-order valence-electron chi connectivity index (χ4n) is 1.06. The molecule has 3 heteroatoms. The number of ether oxygens (including phenoxy) is 1. The summed E-state index contributed by atoms with van der Waals surface area (Å²) in [6.07, 6.45) is 0. The van der Waals surface area contributed by atoms with Gasteiger partial charge in [0.05, 0.1) is 7.11 Å². The summed E-state index contributed by atoms with van der Waals surface area (Å²) >= 11 is 0. The van der Waals surface area contributed by atoms with Gasteiger partial charge in [-0.1, -0.05) is 19.6 Å². The van der Waals surface area contributed by atoms with E-state index in [2.05, 4.69) is 31.1 Å². The van der Waals surface area contributed by atoms with Crippen LogP contribution in [0.2, 0.25) is 19.6 Å². The largest absolute Gasteiger partial charge is 0.497 e. The van der Waals surface area contributed by atoms with Gasteiger partial charge in [-0.15, -0.1) is 5.54 Å². The molecule has 0 bridgehead atoms. The summed E-state index contributed by atoms with van der Waals surface area (Å²) in [6, 6.07) is 7.01. The highest BCUT2D eigenvalue weighted by Crippen LogP contribution is 2.11. The summed E-state index contributed by atoms with van der Waals surface area (Å²) in [5.41, 5.74) is 3.67. The molecule has 16 heavy (non-hydrogen) atoms. The molecule has 0 radical (unpaired) electrons. The van der Waals surface area contributed by atoms with Gasteiger partial charge in [0.15, 0.2) is 0 Å². The Hall–Kier alpha value is -1.53. The molecule has 2 nitrogen and oxygen atoms in total. The molecule has 0 aromatic heterocycles. The molecule has 0 spiro atoms. The molecule has 0 aliphatic rings. The highest BCUT2D eigenvalue weighted by Gasteiger charge is 2.09. The van der Waals surface area contributed by atoms with Crippen molar-refractivity contribution < 1.29 is 9.53 Å². The summed E-state index contributed by atoms with van der Waals surface area (Å²) in [5.74, 6) is 3.33. The standard InChI is InChI=1S/C13H16O2Si/c1-15-12-7-5-11(6-8-12)13(14)9-10-16(2,3)4/h5-8H,1-4H3. The summed E-state index contributed by atoms with van der Waals surface area (Å²) in [7, 11) is 0.122. The number of Topliss-reactive ketones (excluding diaryl/α,β-unsaturated/α-hetero) is 1.